The average molecular weight is 517 g/mol. The second-order valence-corrected chi connectivity index (χ2v) is 11.4. The molecule has 4 fully saturated rings. The molecule has 3 aliphatic heterocycles. The van der Waals surface area contributed by atoms with Gasteiger partial charge in [-0.2, -0.15) is 5.26 Å². The van der Waals surface area contributed by atoms with Crippen molar-refractivity contribution in [2.45, 2.75) is 75.8 Å². The Bertz CT molecular complexity index is 832. The zero-order chi connectivity index (χ0) is 26.3. The van der Waals surface area contributed by atoms with Crippen molar-refractivity contribution in [1.82, 2.24) is 25.3 Å². The molecule has 2 N–H and O–H groups in total. The Morgan fingerprint density at radius 2 is 1.59 bits per heavy atom. The fourth-order valence-corrected chi connectivity index (χ4v) is 6.20. The molecule has 37 heavy (non-hydrogen) atoms. The van der Waals surface area contributed by atoms with Gasteiger partial charge in [-0.15, -0.1) is 0 Å². The summed E-state index contributed by atoms with van der Waals surface area (Å²) in [7, 11) is 2.08. The maximum absolute atomic E-state index is 13.6. The van der Waals surface area contributed by atoms with Crippen LogP contribution in [0.25, 0.3) is 0 Å². The van der Waals surface area contributed by atoms with Crippen molar-refractivity contribution in [3.8, 4) is 6.07 Å². The molecule has 4 amide bonds. The van der Waals surface area contributed by atoms with Gasteiger partial charge in [0, 0.05) is 44.9 Å². The fraction of sp³-hybridized carbons (Fsp3) is 0.852. The Morgan fingerprint density at radius 3 is 2.22 bits per heavy atom. The molecule has 1 atom stereocenters. The van der Waals surface area contributed by atoms with Crippen LogP contribution in [0, 0.1) is 23.2 Å². The first-order chi connectivity index (χ1) is 17.9. The highest BCUT2D eigenvalue weighted by atomic mass is 16.5. The molecule has 1 aliphatic carbocycles. The molecule has 0 aromatic carbocycles. The second kappa shape index (κ2) is 12.9. The summed E-state index contributed by atoms with van der Waals surface area (Å²) in [6.07, 6.45) is 8.79. The zero-order valence-electron chi connectivity index (χ0n) is 22.4. The average Bonchev–Trinajstić information content (AvgIpc) is 2.94. The van der Waals surface area contributed by atoms with Crippen LogP contribution in [-0.4, -0.2) is 104 Å². The van der Waals surface area contributed by atoms with Crippen molar-refractivity contribution in [3.05, 3.63) is 0 Å². The number of carbonyl (C=O) groups excluding carboxylic acids is 3. The minimum atomic E-state index is -1.02. The number of nitrogens with zero attached hydrogens (tertiary/aromatic N) is 4. The Morgan fingerprint density at radius 1 is 0.946 bits per heavy atom. The van der Waals surface area contributed by atoms with Gasteiger partial charge in [0.15, 0.2) is 0 Å². The van der Waals surface area contributed by atoms with Crippen LogP contribution < -0.4 is 10.6 Å². The zero-order valence-corrected chi connectivity index (χ0v) is 22.4. The number of hydrogen-bond donors (Lipinski definition) is 2. The predicted octanol–water partition coefficient (Wildman–Crippen LogP) is 1.71. The molecule has 1 saturated carbocycles. The Balaban J connectivity index is 1.36. The van der Waals surface area contributed by atoms with E-state index in [2.05, 4.69) is 28.7 Å². The van der Waals surface area contributed by atoms with E-state index in [1.165, 1.54) is 6.42 Å². The molecule has 0 radical (unpaired) electrons. The van der Waals surface area contributed by atoms with Crippen LogP contribution in [0.4, 0.5) is 4.79 Å². The summed E-state index contributed by atoms with van der Waals surface area (Å²) in [5.41, 5.74) is -1.02. The molecule has 4 rings (SSSR count). The van der Waals surface area contributed by atoms with E-state index >= 15 is 0 Å². The molecule has 0 aromatic rings. The van der Waals surface area contributed by atoms with Gasteiger partial charge in [-0.05, 0) is 45.3 Å². The van der Waals surface area contributed by atoms with Gasteiger partial charge in [0.05, 0.1) is 19.3 Å². The summed E-state index contributed by atoms with van der Waals surface area (Å²) >= 11 is 0. The number of urea groups is 1. The van der Waals surface area contributed by atoms with Crippen molar-refractivity contribution in [2.75, 3.05) is 59.5 Å². The monoisotopic (exact) mass is 516 g/mol. The number of ether oxygens (including phenoxy) is 1. The fourth-order valence-electron chi connectivity index (χ4n) is 6.20. The Kier molecular flexibility index (Phi) is 9.65. The lowest BCUT2D eigenvalue weighted by molar-refractivity contribution is -0.138. The molecule has 10 nitrogen and oxygen atoms in total. The van der Waals surface area contributed by atoms with Crippen LogP contribution >= 0.6 is 0 Å². The van der Waals surface area contributed by atoms with E-state index in [-0.39, 0.29) is 23.8 Å². The topological polar surface area (TPSA) is 118 Å². The van der Waals surface area contributed by atoms with E-state index in [1.807, 2.05) is 4.90 Å². The number of likely N-dealkylation sites (tertiary alicyclic amines) is 2. The number of piperidine rings is 2. The van der Waals surface area contributed by atoms with Crippen LogP contribution in [-0.2, 0) is 14.3 Å². The van der Waals surface area contributed by atoms with Gasteiger partial charge in [0.1, 0.15) is 11.6 Å². The molecular formula is C27H44N6O4. The summed E-state index contributed by atoms with van der Waals surface area (Å²) < 4.78 is 5.35. The first kappa shape index (κ1) is 27.6. The van der Waals surface area contributed by atoms with E-state index < -0.39 is 11.6 Å². The smallest absolute Gasteiger partial charge is 0.318 e. The van der Waals surface area contributed by atoms with Gasteiger partial charge in [0.2, 0.25) is 11.8 Å². The number of rotatable bonds is 6. The minimum Gasteiger partial charge on any atom is -0.378 e. The molecule has 3 heterocycles. The highest BCUT2D eigenvalue weighted by molar-refractivity contribution is 5.88. The van der Waals surface area contributed by atoms with Gasteiger partial charge in [-0.3, -0.25) is 9.59 Å². The summed E-state index contributed by atoms with van der Waals surface area (Å²) in [5.74, 6) is 0.333. The number of carbonyl (C=O) groups is 3. The number of nitrogens with one attached hydrogen (secondary N) is 2. The molecule has 0 aromatic heterocycles. The number of amides is 4. The second-order valence-electron chi connectivity index (χ2n) is 11.4. The molecule has 1 unspecified atom stereocenters. The first-order valence-electron chi connectivity index (χ1n) is 14.2. The highest BCUT2D eigenvalue weighted by Gasteiger charge is 2.41. The quantitative estimate of drug-likeness (QED) is 0.555. The molecule has 4 aliphatic rings. The van der Waals surface area contributed by atoms with Crippen LogP contribution in [0.15, 0.2) is 0 Å². The van der Waals surface area contributed by atoms with E-state index in [4.69, 9.17) is 4.74 Å². The number of hydrogen-bond acceptors (Lipinski definition) is 6. The Labute approximate surface area is 221 Å². The minimum absolute atomic E-state index is 0.0515. The van der Waals surface area contributed by atoms with Gasteiger partial charge >= 0.3 is 6.03 Å². The van der Waals surface area contributed by atoms with Crippen molar-refractivity contribution < 1.29 is 19.1 Å². The standard InChI is InChI=1S/C27H44N6O4/c1-31-11-7-22(8-12-31)25(35)32-13-9-27(20-28,10-14-32)30-24(34)23(19-21-5-3-2-4-6-21)29-26(36)33-15-17-37-18-16-33/h21-23H,2-19H2,1H3,(H,29,36)(H,30,34). The summed E-state index contributed by atoms with van der Waals surface area (Å²) in [6.45, 7) is 4.80. The van der Waals surface area contributed by atoms with Crippen LogP contribution in [0.5, 0.6) is 0 Å². The molecule has 206 valence electrons. The van der Waals surface area contributed by atoms with Crippen LogP contribution in [0.2, 0.25) is 0 Å². The number of nitriles is 1. The first-order valence-corrected chi connectivity index (χ1v) is 14.2. The third kappa shape index (κ3) is 7.35. The normalized spacial score (nSPS) is 24.6. The highest BCUT2D eigenvalue weighted by Crippen LogP contribution is 2.29. The van der Waals surface area contributed by atoms with Gasteiger partial charge < -0.3 is 30.1 Å². The van der Waals surface area contributed by atoms with Gasteiger partial charge in [-0.1, -0.05) is 32.1 Å². The summed E-state index contributed by atoms with van der Waals surface area (Å²) in [4.78, 5) is 45.4. The molecule has 0 spiro atoms. The lowest BCUT2D eigenvalue weighted by Gasteiger charge is -2.40. The third-order valence-corrected chi connectivity index (χ3v) is 8.78. The van der Waals surface area contributed by atoms with E-state index in [1.54, 1.807) is 4.90 Å². The van der Waals surface area contributed by atoms with Gasteiger partial charge in [0.25, 0.3) is 0 Å². The van der Waals surface area contributed by atoms with Crippen molar-refractivity contribution in [3.63, 3.8) is 0 Å². The SMILES string of the molecule is CN1CCC(C(=O)N2CCC(C#N)(NC(=O)C(CC3CCCCC3)NC(=O)N3CCOCC3)CC2)CC1. The number of morpholine rings is 1. The third-order valence-electron chi connectivity index (χ3n) is 8.78. The van der Waals surface area contributed by atoms with Gasteiger partial charge in [-0.25, -0.2) is 4.79 Å². The molecule has 0 bridgehead atoms. The van der Waals surface area contributed by atoms with E-state index in [0.29, 0.717) is 64.6 Å². The van der Waals surface area contributed by atoms with E-state index in [0.717, 1.165) is 51.6 Å². The van der Waals surface area contributed by atoms with Crippen molar-refractivity contribution in [1.29, 1.82) is 5.26 Å². The Hall–Kier alpha value is -2.38. The van der Waals surface area contributed by atoms with Crippen LogP contribution in [0.1, 0.15) is 64.2 Å². The summed E-state index contributed by atoms with van der Waals surface area (Å²) in [5, 5.41) is 16.1. The van der Waals surface area contributed by atoms with E-state index in [9.17, 15) is 19.6 Å². The van der Waals surface area contributed by atoms with Crippen molar-refractivity contribution >= 4 is 17.8 Å². The summed E-state index contributed by atoms with van der Waals surface area (Å²) in [6, 6.07) is 1.43. The predicted molar refractivity (Wildman–Crippen MR) is 138 cm³/mol. The maximum atomic E-state index is 13.6. The van der Waals surface area contributed by atoms with Crippen molar-refractivity contribution in [2.24, 2.45) is 11.8 Å². The lowest BCUT2D eigenvalue weighted by Crippen LogP contribution is -2.61. The lowest BCUT2D eigenvalue weighted by atomic mass is 9.83. The molecular weight excluding hydrogens is 472 g/mol. The largest absolute Gasteiger partial charge is 0.378 e. The maximum Gasteiger partial charge on any atom is 0.318 e. The molecule has 3 saturated heterocycles. The molecule has 10 heteroatoms. The van der Waals surface area contributed by atoms with Crippen LogP contribution in [0.3, 0.4) is 0 Å².